The summed E-state index contributed by atoms with van der Waals surface area (Å²) in [4.78, 5) is 10.9. The molecule has 0 bridgehead atoms. The highest BCUT2D eigenvalue weighted by atomic mass is 16.4. The molecule has 0 aliphatic heterocycles. The van der Waals surface area contributed by atoms with Gasteiger partial charge in [0.2, 0.25) is 0 Å². The summed E-state index contributed by atoms with van der Waals surface area (Å²) in [5.74, 6) is -0.735. The molecule has 0 unspecified atom stereocenters. The molecule has 1 N–H and O–H groups in total. The number of carboxylic acids is 1. The minimum absolute atomic E-state index is 0.628. The maximum absolute atomic E-state index is 10.9. The quantitative estimate of drug-likeness (QED) is 0.499. The lowest BCUT2D eigenvalue weighted by Gasteiger charge is -2.08. The molecule has 0 radical (unpaired) electrons. The molecule has 2 nitrogen and oxygen atoms in total. The molecule has 0 atom stereocenters. The van der Waals surface area contributed by atoms with Crippen molar-refractivity contribution in [2.75, 3.05) is 0 Å². The van der Waals surface area contributed by atoms with Crippen molar-refractivity contribution in [2.24, 2.45) is 0 Å². The van der Waals surface area contributed by atoms with E-state index in [1.54, 1.807) is 0 Å². The molecular formula is C12H22O2. The second kappa shape index (κ2) is 7.60. The Morgan fingerprint density at radius 1 is 1.07 bits per heavy atom. The van der Waals surface area contributed by atoms with E-state index in [1.165, 1.54) is 12.8 Å². The Kier molecular flexibility index (Phi) is 7.17. The molecule has 0 saturated heterocycles. The number of carboxylic acid groups (broad SMARTS) is 1. The van der Waals surface area contributed by atoms with Crippen molar-refractivity contribution in [2.45, 2.75) is 59.3 Å². The Morgan fingerprint density at radius 2 is 1.71 bits per heavy atom. The topological polar surface area (TPSA) is 37.3 Å². The van der Waals surface area contributed by atoms with Crippen molar-refractivity contribution in [3.05, 3.63) is 11.1 Å². The van der Waals surface area contributed by atoms with E-state index in [9.17, 15) is 4.79 Å². The van der Waals surface area contributed by atoms with Crippen LogP contribution < -0.4 is 0 Å². The average molecular weight is 198 g/mol. The van der Waals surface area contributed by atoms with Crippen LogP contribution in [0.4, 0.5) is 0 Å². The van der Waals surface area contributed by atoms with Gasteiger partial charge < -0.3 is 5.11 Å². The number of hydrogen-bond acceptors (Lipinski definition) is 1. The molecule has 0 aliphatic carbocycles. The normalized spacial score (nSPS) is 12.5. The fourth-order valence-electron chi connectivity index (χ4n) is 1.68. The van der Waals surface area contributed by atoms with E-state index < -0.39 is 5.97 Å². The van der Waals surface area contributed by atoms with Gasteiger partial charge in [-0.15, -0.1) is 0 Å². The van der Waals surface area contributed by atoms with Crippen LogP contribution in [0.3, 0.4) is 0 Å². The first kappa shape index (κ1) is 13.2. The van der Waals surface area contributed by atoms with Crippen molar-refractivity contribution < 1.29 is 9.90 Å². The zero-order valence-corrected chi connectivity index (χ0v) is 9.60. The average Bonchev–Trinajstić information content (AvgIpc) is 2.16. The summed E-state index contributed by atoms with van der Waals surface area (Å²) in [5.41, 5.74) is 1.76. The van der Waals surface area contributed by atoms with E-state index in [0.29, 0.717) is 12.0 Å². The van der Waals surface area contributed by atoms with Crippen LogP contribution >= 0.6 is 0 Å². The van der Waals surface area contributed by atoms with E-state index in [2.05, 4.69) is 6.92 Å². The van der Waals surface area contributed by atoms with Crippen LogP contribution in [0, 0.1) is 0 Å². The molecule has 0 amide bonds. The van der Waals surface area contributed by atoms with E-state index in [4.69, 9.17) is 5.11 Å². The van der Waals surface area contributed by atoms with E-state index in [1.807, 2.05) is 13.8 Å². The van der Waals surface area contributed by atoms with Crippen molar-refractivity contribution in [1.82, 2.24) is 0 Å². The largest absolute Gasteiger partial charge is 0.478 e. The van der Waals surface area contributed by atoms with Crippen LogP contribution in [0.25, 0.3) is 0 Å². The molecule has 0 aliphatic rings. The molecule has 0 rings (SSSR count). The molecule has 0 heterocycles. The molecule has 82 valence electrons. The summed E-state index contributed by atoms with van der Waals surface area (Å²) in [6.07, 6.45) is 5.98. The number of rotatable bonds is 7. The lowest BCUT2D eigenvalue weighted by atomic mass is 9.98. The van der Waals surface area contributed by atoms with Crippen LogP contribution in [0.5, 0.6) is 0 Å². The molecular weight excluding hydrogens is 176 g/mol. The van der Waals surface area contributed by atoms with Gasteiger partial charge in [-0.3, -0.25) is 0 Å². The molecule has 0 aromatic rings. The summed E-state index contributed by atoms with van der Waals surface area (Å²) >= 11 is 0. The van der Waals surface area contributed by atoms with Crippen LogP contribution in [0.2, 0.25) is 0 Å². The molecule has 0 spiro atoms. The molecule has 0 aromatic carbocycles. The molecule has 0 aromatic heterocycles. The van der Waals surface area contributed by atoms with Gasteiger partial charge in [0.05, 0.1) is 0 Å². The Morgan fingerprint density at radius 3 is 2.07 bits per heavy atom. The lowest BCUT2D eigenvalue weighted by Crippen LogP contribution is -2.03. The zero-order valence-electron chi connectivity index (χ0n) is 9.60. The third-order valence-electron chi connectivity index (χ3n) is 2.55. The van der Waals surface area contributed by atoms with Crippen LogP contribution in [0.15, 0.2) is 11.1 Å². The van der Waals surface area contributed by atoms with Crippen molar-refractivity contribution >= 4 is 5.97 Å². The van der Waals surface area contributed by atoms with Crippen molar-refractivity contribution in [3.63, 3.8) is 0 Å². The third-order valence-corrected chi connectivity index (χ3v) is 2.55. The van der Waals surface area contributed by atoms with E-state index >= 15 is 0 Å². The first-order chi connectivity index (χ1) is 6.67. The van der Waals surface area contributed by atoms with E-state index in [0.717, 1.165) is 24.8 Å². The Labute approximate surface area is 87.0 Å². The molecule has 14 heavy (non-hydrogen) atoms. The predicted molar refractivity (Wildman–Crippen MR) is 59.4 cm³/mol. The zero-order chi connectivity index (χ0) is 11.0. The minimum Gasteiger partial charge on any atom is -0.478 e. The van der Waals surface area contributed by atoms with Gasteiger partial charge in [0.25, 0.3) is 0 Å². The van der Waals surface area contributed by atoms with Gasteiger partial charge in [-0.1, -0.05) is 39.2 Å². The Bertz CT molecular complexity index is 204. The fourth-order valence-corrected chi connectivity index (χ4v) is 1.68. The van der Waals surface area contributed by atoms with Crippen molar-refractivity contribution in [3.8, 4) is 0 Å². The summed E-state index contributed by atoms with van der Waals surface area (Å²) in [6.45, 7) is 6.12. The highest BCUT2D eigenvalue weighted by Crippen LogP contribution is 2.19. The monoisotopic (exact) mass is 198 g/mol. The standard InChI is InChI=1S/C12H22O2/c1-4-7-8-9-10(5-2)11(6-3)12(13)14/h4-9H2,1-3H3,(H,13,14). The minimum atomic E-state index is -0.735. The number of aliphatic carboxylic acids is 1. The van der Waals surface area contributed by atoms with Crippen LogP contribution in [-0.4, -0.2) is 11.1 Å². The highest BCUT2D eigenvalue weighted by molar-refractivity contribution is 5.87. The predicted octanol–water partition coefficient (Wildman–Crippen LogP) is 3.77. The summed E-state index contributed by atoms with van der Waals surface area (Å²) in [6, 6.07) is 0. The van der Waals surface area contributed by atoms with Gasteiger partial charge in [0.1, 0.15) is 0 Å². The number of hydrogen-bond donors (Lipinski definition) is 1. The Hall–Kier alpha value is -0.790. The van der Waals surface area contributed by atoms with Crippen molar-refractivity contribution in [1.29, 1.82) is 0 Å². The summed E-state index contributed by atoms with van der Waals surface area (Å²) in [5, 5.41) is 8.97. The van der Waals surface area contributed by atoms with Gasteiger partial charge in [-0.25, -0.2) is 4.79 Å². The lowest BCUT2D eigenvalue weighted by molar-refractivity contribution is -0.132. The maximum atomic E-state index is 10.9. The number of allylic oxidation sites excluding steroid dienone is 1. The second-order valence-electron chi connectivity index (χ2n) is 3.55. The molecule has 0 saturated carbocycles. The highest BCUT2D eigenvalue weighted by Gasteiger charge is 2.10. The SMILES string of the molecule is CCCCCC(CC)=C(CC)C(=O)O. The molecule has 2 heteroatoms. The van der Waals surface area contributed by atoms with Gasteiger partial charge in [-0.2, -0.15) is 0 Å². The first-order valence-electron chi connectivity index (χ1n) is 5.61. The smallest absolute Gasteiger partial charge is 0.331 e. The van der Waals surface area contributed by atoms with Gasteiger partial charge >= 0.3 is 5.97 Å². The Balaban J connectivity index is 4.38. The fraction of sp³-hybridized carbons (Fsp3) is 0.750. The number of unbranched alkanes of at least 4 members (excludes halogenated alkanes) is 2. The van der Waals surface area contributed by atoms with Crippen LogP contribution in [0.1, 0.15) is 59.3 Å². The van der Waals surface area contributed by atoms with Gasteiger partial charge in [0.15, 0.2) is 0 Å². The van der Waals surface area contributed by atoms with E-state index in [-0.39, 0.29) is 0 Å². The summed E-state index contributed by atoms with van der Waals surface area (Å²) in [7, 11) is 0. The first-order valence-corrected chi connectivity index (χ1v) is 5.61. The molecule has 0 fully saturated rings. The maximum Gasteiger partial charge on any atom is 0.331 e. The second-order valence-corrected chi connectivity index (χ2v) is 3.55. The van der Waals surface area contributed by atoms with Gasteiger partial charge in [-0.05, 0) is 25.7 Å². The summed E-state index contributed by atoms with van der Waals surface area (Å²) < 4.78 is 0. The third kappa shape index (κ3) is 4.45. The van der Waals surface area contributed by atoms with Crippen LogP contribution in [-0.2, 0) is 4.79 Å². The van der Waals surface area contributed by atoms with Gasteiger partial charge in [0, 0.05) is 5.57 Å². The number of carbonyl (C=O) groups is 1.